The fraction of sp³-hybridized carbons (Fsp3) is 0.786. The number of Topliss-reactive ketones (excluding diaryl/α,β-unsaturated/α-hetero) is 2. The largest absolute Gasteiger partial charge is 0.451 e. The van der Waals surface area contributed by atoms with Crippen molar-refractivity contribution in [2.45, 2.75) is 53.2 Å². The number of cyclic esters (lactones) is 1. The minimum absolute atomic E-state index is 0.397. The number of carbonyl (C=O) groups excluding carboxylic acids is 3. The van der Waals surface area contributed by atoms with Crippen LogP contribution >= 0.6 is 0 Å². The fourth-order valence-electron chi connectivity index (χ4n) is 2.49. The Morgan fingerprint density at radius 1 is 1.32 bits per heavy atom. The summed E-state index contributed by atoms with van der Waals surface area (Å²) in [5.41, 5.74) is -1.82. The van der Waals surface area contributed by atoms with Crippen molar-refractivity contribution in [3.63, 3.8) is 0 Å². The highest BCUT2D eigenvalue weighted by molar-refractivity contribution is 6.11. The second kappa shape index (κ2) is 4.71. The molecular weight excluding hydrogens is 248 g/mol. The molecule has 19 heavy (non-hydrogen) atoms. The fourth-order valence-corrected chi connectivity index (χ4v) is 2.49. The van der Waals surface area contributed by atoms with Crippen molar-refractivity contribution in [1.29, 1.82) is 0 Å². The Balaban J connectivity index is 3.24. The van der Waals surface area contributed by atoms with Crippen molar-refractivity contribution in [2.24, 2.45) is 17.3 Å². The van der Waals surface area contributed by atoms with Crippen molar-refractivity contribution in [3.8, 4) is 0 Å². The molecule has 1 N–H and O–H groups in total. The Bertz CT molecular complexity index is 414. The maximum atomic E-state index is 12.3. The van der Waals surface area contributed by atoms with Gasteiger partial charge in [-0.05, 0) is 26.2 Å². The quantitative estimate of drug-likeness (QED) is 0.614. The number of esters is 1. The summed E-state index contributed by atoms with van der Waals surface area (Å²) in [5.74, 6) is -3.58. The van der Waals surface area contributed by atoms with E-state index in [-0.39, 0.29) is 0 Å². The van der Waals surface area contributed by atoms with Gasteiger partial charge in [-0.25, -0.2) is 0 Å². The molecule has 1 aliphatic heterocycles. The lowest BCUT2D eigenvalue weighted by atomic mass is 9.68. The molecule has 3 atom stereocenters. The van der Waals surface area contributed by atoms with Gasteiger partial charge in [-0.1, -0.05) is 20.8 Å². The predicted molar refractivity (Wildman–Crippen MR) is 68.3 cm³/mol. The van der Waals surface area contributed by atoms with Crippen LogP contribution in [0.3, 0.4) is 0 Å². The van der Waals surface area contributed by atoms with Crippen molar-refractivity contribution in [3.05, 3.63) is 0 Å². The monoisotopic (exact) mass is 270 g/mol. The second-order valence-electron chi connectivity index (χ2n) is 6.70. The Kier molecular flexibility index (Phi) is 3.92. The minimum Gasteiger partial charge on any atom is -0.451 e. The molecule has 108 valence electrons. The standard InChI is InChI=1S/C14H22O5/c1-7(15)10(16)9(13(2,3)4)8-11(17)14(5,6)19-12(8)18/h7-9,15H,1-6H3. The first kappa shape index (κ1) is 15.8. The van der Waals surface area contributed by atoms with E-state index in [1.807, 2.05) is 0 Å². The highest BCUT2D eigenvalue weighted by atomic mass is 16.6. The third-order valence-electron chi connectivity index (χ3n) is 3.47. The first-order valence-electron chi connectivity index (χ1n) is 6.38. The molecule has 0 aromatic rings. The molecular formula is C14H22O5. The Morgan fingerprint density at radius 3 is 2.05 bits per heavy atom. The lowest BCUT2D eigenvalue weighted by molar-refractivity contribution is -0.153. The molecule has 0 aliphatic carbocycles. The van der Waals surface area contributed by atoms with Gasteiger partial charge in [0.05, 0.1) is 0 Å². The van der Waals surface area contributed by atoms with Crippen LogP contribution in [0.5, 0.6) is 0 Å². The average molecular weight is 270 g/mol. The van der Waals surface area contributed by atoms with E-state index in [0.29, 0.717) is 0 Å². The lowest BCUT2D eigenvalue weighted by Crippen LogP contribution is -2.45. The van der Waals surface area contributed by atoms with Crippen molar-refractivity contribution >= 4 is 17.5 Å². The number of hydrogen-bond donors (Lipinski definition) is 1. The number of carbonyl (C=O) groups is 3. The first-order valence-corrected chi connectivity index (χ1v) is 6.38. The average Bonchev–Trinajstić information content (AvgIpc) is 2.38. The number of hydrogen-bond acceptors (Lipinski definition) is 5. The smallest absolute Gasteiger partial charge is 0.318 e. The molecule has 0 saturated carbocycles. The zero-order valence-corrected chi connectivity index (χ0v) is 12.3. The predicted octanol–water partition coefficient (Wildman–Crippen LogP) is 1.12. The zero-order valence-electron chi connectivity index (χ0n) is 12.3. The Morgan fingerprint density at radius 2 is 1.79 bits per heavy atom. The van der Waals surface area contributed by atoms with Crippen molar-refractivity contribution < 1.29 is 24.2 Å². The van der Waals surface area contributed by atoms with Gasteiger partial charge in [-0.2, -0.15) is 0 Å². The molecule has 0 radical (unpaired) electrons. The maximum Gasteiger partial charge on any atom is 0.318 e. The van der Waals surface area contributed by atoms with Crippen LogP contribution in [0.2, 0.25) is 0 Å². The molecule has 1 fully saturated rings. The van der Waals surface area contributed by atoms with Crippen LogP contribution in [0.25, 0.3) is 0 Å². The summed E-state index contributed by atoms with van der Waals surface area (Å²) < 4.78 is 5.06. The van der Waals surface area contributed by atoms with Crippen LogP contribution in [0.1, 0.15) is 41.5 Å². The van der Waals surface area contributed by atoms with Gasteiger partial charge in [0.1, 0.15) is 12.0 Å². The number of aliphatic hydroxyl groups excluding tert-OH is 1. The summed E-state index contributed by atoms with van der Waals surface area (Å²) in [7, 11) is 0. The number of ether oxygens (including phenoxy) is 1. The summed E-state index contributed by atoms with van der Waals surface area (Å²) in [4.78, 5) is 36.4. The Hall–Kier alpha value is -1.23. The molecule has 0 bridgehead atoms. The van der Waals surface area contributed by atoms with Crippen LogP contribution < -0.4 is 0 Å². The van der Waals surface area contributed by atoms with E-state index in [1.54, 1.807) is 20.8 Å². The van der Waals surface area contributed by atoms with Gasteiger partial charge in [0.25, 0.3) is 0 Å². The van der Waals surface area contributed by atoms with Crippen LogP contribution in [-0.4, -0.2) is 34.3 Å². The molecule has 1 rings (SSSR count). The minimum atomic E-state index is -1.21. The molecule has 1 saturated heterocycles. The van der Waals surface area contributed by atoms with Crippen LogP contribution in [-0.2, 0) is 19.1 Å². The maximum absolute atomic E-state index is 12.3. The molecule has 5 heteroatoms. The molecule has 1 heterocycles. The van der Waals surface area contributed by atoms with Gasteiger partial charge in [0.15, 0.2) is 17.2 Å². The summed E-state index contributed by atoms with van der Waals surface area (Å²) in [6.07, 6.45) is -1.21. The SMILES string of the molecule is CC(O)C(=O)C(C1C(=O)OC(C)(C)C1=O)C(C)(C)C. The van der Waals surface area contributed by atoms with Gasteiger partial charge >= 0.3 is 5.97 Å². The zero-order chi connectivity index (χ0) is 15.2. The number of rotatable bonds is 3. The third kappa shape index (κ3) is 2.86. The van der Waals surface area contributed by atoms with E-state index in [1.165, 1.54) is 20.8 Å². The highest BCUT2D eigenvalue weighted by Gasteiger charge is 2.56. The molecule has 0 aromatic heterocycles. The molecule has 0 aromatic carbocycles. The van der Waals surface area contributed by atoms with E-state index < -0.39 is 46.5 Å². The van der Waals surface area contributed by atoms with Gasteiger partial charge in [0.2, 0.25) is 0 Å². The lowest BCUT2D eigenvalue weighted by Gasteiger charge is -2.32. The van der Waals surface area contributed by atoms with E-state index in [2.05, 4.69) is 0 Å². The molecule has 0 amide bonds. The normalized spacial score (nSPS) is 25.9. The van der Waals surface area contributed by atoms with Crippen LogP contribution in [0.15, 0.2) is 0 Å². The highest BCUT2D eigenvalue weighted by Crippen LogP contribution is 2.41. The summed E-state index contributed by atoms with van der Waals surface area (Å²) in [5, 5.41) is 9.50. The van der Waals surface area contributed by atoms with E-state index in [4.69, 9.17) is 4.74 Å². The third-order valence-corrected chi connectivity index (χ3v) is 3.47. The number of ketones is 2. The second-order valence-corrected chi connectivity index (χ2v) is 6.70. The van der Waals surface area contributed by atoms with Crippen molar-refractivity contribution in [2.75, 3.05) is 0 Å². The summed E-state index contributed by atoms with van der Waals surface area (Å²) >= 11 is 0. The topological polar surface area (TPSA) is 80.7 Å². The molecule has 5 nitrogen and oxygen atoms in total. The Labute approximate surface area is 113 Å². The number of aliphatic hydroxyl groups is 1. The molecule has 1 aliphatic rings. The van der Waals surface area contributed by atoms with Gasteiger partial charge in [-0.15, -0.1) is 0 Å². The van der Waals surface area contributed by atoms with Crippen LogP contribution in [0, 0.1) is 17.3 Å². The van der Waals surface area contributed by atoms with Gasteiger partial charge in [-0.3, -0.25) is 14.4 Å². The van der Waals surface area contributed by atoms with Crippen LogP contribution in [0.4, 0.5) is 0 Å². The van der Waals surface area contributed by atoms with E-state index in [0.717, 1.165) is 0 Å². The summed E-state index contributed by atoms with van der Waals surface area (Å²) in [6.45, 7) is 9.67. The van der Waals surface area contributed by atoms with Gasteiger partial charge < -0.3 is 9.84 Å². The first-order chi connectivity index (χ1) is 8.39. The van der Waals surface area contributed by atoms with E-state index >= 15 is 0 Å². The molecule has 0 spiro atoms. The van der Waals surface area contributed by atoms with Crippen molar-refractivity contribution in [1.82, 2.24) is 0 Å². The summed E-state index contributed by atoms with van der Waals surface area (Å²) in [6, 6.07) is 0. The molecule has 3 unspecified atom stereocenters. The van der Waals surface area contributed by atoms with Gasteiger partial charge in [0, 0.05) is 5.92 Å². The van der Waals surface area contributed by atoms with E-state index in [9.17, 15) is 19.5 Å².